The van der Waals surface area contributed by atoms with Gasteiger partial charge in [-0.05, 0) is 32.8 Å². The second kappa shape index (κ2) is 7.75. The summed E-state index contributed by atoms with van der Waals surface area (Å²) in [6, 6.07) is 0. The lowest BCUT2D eigenvalue weighted by Crippen LogP contribution is -2.38. The second-order valence-electron chi connectivity index (χ2n) is 5.29. The Morgan fingerprint density at radius 2 is 1.94 bits per heavy atom. The third kappa shape index (κ3) is 4.58. The van der Waals surface area contributed by atoms with Crippen molar-refractivity contribution in [2.45, 2.75) is 59.0 Å². The van der Waals surface area contributed by atoms with Crippen LogP contribution in [0.3, 0.4) is 0 Å². The van der Waals surface area contributed by atoms with Crippen molar-refractivity contribution < 1.29 is 9.47 Å². The number of ether oxygens (including phenoxy) is 2. The lowest BCUT2D eigenvalue weighted by molar-refractivity contribution is -0.0681. The fourth-order valence-electron chi connectivity index (χ4n) is 2.10. The van der Waals surface area contributed by atoms with E-state index in [2.05, 4.69) is 39.8 Å². The maximum atomic E-state index is 6.07. The van der Waals surface area contributed by atoms with E-state index >= 15 is 0 Å². The topological polar surface area (TPSA) is 18.5 Å². The molecule has 0 fully saturated rings. The molecule has 0 amide bonds. The van der Waals surface area contributed by atoms with E-state index in [4.69, 9.17) is 9.47 Å². The maximum Gasteiger partial charge on any atom is 0.113 e. The van der Waals surface area contributed by atoms with Gasteiger partial charge >= 0.3 is 0 Å². The smallest absolute Gasteiger partial charge is 0.113 e. The molecule has 0 aromatic carbocycles. The van der Waals surface area contributed by atoms with Crippen LogP contribution >= 0.6 is 0 Å². The van der Waals surface area contributed by atoms with Crippen molar-refractivity contribution >= 4 is 0 Å². The van der Waals surface area contributed by atoms with E-state index in [1.54, 1.807) is 0 Å². The van der Waals surface area contributed by atoms with Crippen LogP contribution in [0.15, 0.2) is 23.3 Å². The fraction of sp³-hybridized carbons (Fsp3) is 0.750. The first kappa shape index (κ1) is 15.5. The van der Waals surface area contributed by atoms with Crippen molar-refractivity contribution in [3.05, 3.63) is 23.3 Å². The Hall–Kier alpha value is -0.600. The minimum Gasteiger partial charge on any atom is -0.378 e. The average molecular weight is 252 g/mol. The highest BCUT2D eigenvalue weighted by Gasteiger charge is 2.31. The van der Waals surface area contributed by atoms with Gasteiger partial charge < -0.3 is 9.47 Å². The molecular weight excluding hydrogens is 224 g/mol. The fourth-order valence-corrected chi connectivity index (χ4v) is 2.10. The van der Waals surface area contributed by atoms with Gasteiger partial charge in [0.2, 0.25) is 0 Å². The molecule has 0 N–H and O–H groups in total. The molecular formula is C16H28O2. The Bertz CT molecular complexity index is 304. The van der Waals surface area contributed by atoms with Crippen molar-refractivity contribution in [3.8, 4) is 0 Å². The van der Waals surface area contributed by atoms with Crippen LogP contribution in [0, 0.1) is 0 Å². The Morgan fingerprint density at radius 3 is 2.56 bits per heavy atom. The zero-order chi connectivity index (χ0) is 13.4. The van der Waals surface area contributed by atoms with Crippen LogP contribution in [-0.4, -0.2) is 25.4 Å². The monoisotopic (exact) mass is 252 g/mol. The largest absolute Gasteiger partial charge is 0.378 e. The van der Waals surface area contributed by atoms with Gasteiger partial charge in [0.05, 0.1) is 6.61 Å². The molecule has 1 unspecified atom stereocenters. The first-order chi connectivity index (χ1) is 8.63. The van der Waals surface area contributed by atoms with Gasteiger partial charge in [-0.3, -0.25) is 0 Å². The van der Waals surface area contributed by atoms with Crippen LogP contribution in [0.1, 0.15) is 53.4 Å². The Balaban J connectivity index is 2.58. The molecule has 0 bridgehead atoms. The average Bonchev–Trinajstić information content (AvgIpc) is 2.37. The number of rotatable bonds is 8. The molecule has 2 nitrogen and oxygen atoms in total. The third-order valence-corrected chi connectivity index (χ3v) is 3.46. The van der Waals surface area contributed by atoms with Gasteiger partial charge in [-0.25, -0.2) is 0 Å². The summed E-state index contributed by atoms with van der Waals surface area (Å²) < 4.78 is 11.9. The van der Waals surface area contributed by atoms with E-state index in [1.165, 1.54) is 17.6 Å². The minimum absolute atomic E-state index is 0.229. The number of hydrogen-bond donors (Lipinski definition) is 0. The maximum absolute atomic E-state index is 6.07. The van der Waals surface area contributed by atoms with Gasteiger partial charge in [-0.15, -0.1) is 0 Å². The Labute approximate surface area is 112 Å². The highest BCUT2D eigenvalue weighted by Crippen LogP contribution is 2.30. The van der Waals surface area contributed by atoms with E-state index in [9.17, 15) is 0 Å². The summed E-state index contributed by atoms with van der Waals surface area (Å²) >= 11 is 0. The Morgan fingerprint density at radius 1 is 1.17 bits per heavy atom. The molecule has 0 spiro atoms. The lowest BCUT2D eigenvalue weighted by Gasteiger charge is -2.34. The Kier molecular flexibility index (Phi) is 6.66. The molecule has 0 aromatic rings. The van der Waals surface area contributed by atoms with E-state index in [0.29, 0.717) is 6.61 Å². The summed E-state index contributed by atoms with van der Waals surface area (Å²) in [4.78, 5) is 0. The summed E-state index contributed by atoms with van der Waals surface area (Å²) in [5.41, 5.74) is 2.54. The predicted molar refractivity (Wildman–Crippen MR) is 76.8 cm³/mol. The predicted octanol–water partition coefficient (Wildman–Crippen LogP) is 4.26. The molecule has 1 aliphatic carbocycles. The van der Waals surface area contributed by atoms with Gasteiger partial charge in [0.15, 0.2) is 0 Å². The summed E-state index contributed by atoms with van der Waals surface area (Å²) in [5, 5.41) is 0. The zero-order valence-corrected chi connectivity index (χ0v) is 12.4. The summed E-state index contributed by atoms with van der Waals surface area (Å²) in [6.07, 6.45) is 8.68. The molecule has 1 rings (SSSR count). The minimum atomic E-state index is -0.229. The van der Waals surface area contributed by atoms with Gasteiger partial charge in [0.25, 0.3) is 0 Å². The standard InChI is InChI=1S/C16H28O2/c1-5-7-11-17-13-16(18-10-6-2)9-8-14(3)15(4)12-16/h8-9H,5-7,10-13H2,1-4H3. The molecule has 18 heavy (non-hydrogen) atoms. The van der Waals surface area contributed by atoms with Crippen LogP contribution in [-0.2, 0) is 9.47 Å². The molecule has 0 heterocycles. The van der Waals surface area contributed by atoms with E-state index in [-0.39, 0.29) is 5.60 Å². The summed E-state index contributed by atoms with van der Waals surface area (Å²) in [6.45, 7) is 11.0. The molecule has 0 aromatic heterocycles. The van der Waals surface area contributed by atoms with E-state index in [1.807, 2.05) is 0 Å². The molecule has 1 aliphatic rings. The van der Waals surface area contributed by atoms with Gasteiger partial charge in [-0.1, -0.05) is 37.5 Å². The highest BCUT2D eigenvalue weighted by molar-refractivity contribution is 5.32. The van der Waals surface area contributed by atoms with Crippen LogP contribution in [0.2, 0.25) is 0 Å². The van der Waals surface area contributed by atoms with Crippen molar-refractivity contribution in [2.24, 2.45) is 0 Å². The number of unbranched alkanes of at least 4 members (excludes halogenated alkanes) is 1. The molecule has 0 aliphatic heterocycles. The van der Waals surface area contributed by atoms with Crippen molar-refractivity contribution in [1.29, 1.82) is 0 Å². The van der Waals surface area contributed by atoms with E-state index in [0.717, 1.165) is 32.5 Å². The quantitative estimate of drug-likeness (QED) is 0.601. The molecule has 2 heteroatoms. The van der Waals surface area contributed by atoms with Crippen molar-refractivity contribution in [3.63, 3.8) is 0 Å². The molecule has 0 saturated heterocycles. The van der Waals surface area contributed by atoms with Crippen molar-refractivity contribution in [2.75, 3.05) is 19.8 Å². The summed E-state index contributed by atoms with van der Waals surface area (Å²) in [5.74, 6) is 0. The zero-order valence-electron chi connectivity index (χ0n) is 12.4. The van der Waals surface area contributed by atoms with Gasteiger partial charge in [-0.2, -0.15) is 0 Å². The molecule has 0 saturated carbocycles. The van der Waals surface area contributed by atoms with Crippen LogP contribution in [0.25, 0.3) is 0 Å². The molecule has 1 atom stereocenters. The normalized spacial score (nSPS) is 23.8. The van der Waals surface area contributed by atoms with Crippen LogP contribution in [0.4, 0.5) is 0 Å². The van der Waals surface area contributed by atoms with Crippen LogP contribution < -0.4 is 0 Å². The summed E-state index contributed by atoms with van der Waals surface area (Å²) in [7, 11) is 0. The van der Waals surface area contributed by atoms with E-state index < -0.39 is 0 Å². The first-order valence-electron chi connectivity index (χ1n) is 7.21. The van der Waals surface area contributed by atoms with Gasteiger partial charge in [0, 0.05) is 19.6 Å². The SMILES string of the molecule is CCCCOCC1(OCCC)C=CC(C)=C(C)C1. The highest BCUT2D eigenvalue weighted by atomic mass is 16.5. The lowest BCUT2D eigenvalue weighted by atomic mass is 9.87. The van der Waals surface area contributed by atoms with Crippen molar-refractivity contribution in [1.82, 2.24) is 0 Å². The van der Waals surface area contributed by atoms with Gasteiger partial charge in [0.1, 0.15) is 5.60 Å². The van der Waals surface area contributed by atoms with Crippen LogP contribution in [0.5, 0.6) is 0 Å². The molecule has 0 radical (unpaired) electrons. The molecule has 104 valence electrons. The first-order valence-corrected chi connectivity index (χ1v) is 7.21. The third-order valence-electron chi connectivity index (χ3n) is 3.46. The number of hydrogen-bond acceptors (Lipinski definition) is 2. The number of allylic oxidation sites excluding steroid dienone is 2. The second-order valence-corrected chi connectivity index (χ2v) is 5.29.